The molecule has 5 rings (SSSR count). The van der Waals surface area contributed by atoms with E-state index in [9.17, 15) is 0 Å². The first kappa shape index (κ1) is 25.3. The van der Waals surface area contributed by atoms with Crippen LogP contribution < -0.4 is 9.47 Å². The van der Waals surface area contributed by atoms with E-state index in [1.54, 1.807) is 14.2 Å². The molecule has 0 amide bonds. The highest BCUT2D eigenvalue weighted by Gasteiger charge is 2.26. The summed E-state index contributed by atoms with van der Waals surface area (Å²) in [4.78, 5) is 5.07. The van der Waals surface area contributed by atoms with Gasteiger partial charge in [-0.25, -0.2) is 0 Å². The van der Waals surface area contributed by atoms with Crippen molar-refractivity contribution in [2.75, 3.05) is 46.9 Å². The number of hydrogen-bond acceptors (Lipinski definition) is 6. The summed E-state index contributed by atoms with van der Waals surface area (Å²) >= 11 is 6.17. The van der Waals surface area contributed by atoms with Crippen molar-refractivity contribution in [1.29, 1.82) is 0 Å². The van der Waals surface area contributed by atoms with Crippen molar-refractivity contribution in [2.45, 2.75) is 12.5 Å². The predicted octanol–water partition coefficient (Wildman–Crippen LogP) is 5.96. The molecule has 1 fully saturated rings. The first-order valence-electron chi connectivity index (χ1n) is 12.6. The number of nitrogens with zero attached hydrogens (tertiary/aromatic N) is 3. The lowest BCUT2D eigenvalue weighted by Gasteiger charge is -2.39. The number of benzene rings is 3. The molecule has 4 aromatic rings. The highest BCUT2D eigenvalue weighted by Crippen LogP contribution is 2.33. The van der Waals surface area contributed by atoms with Crippen LogP contribution in [0.1, 0.15) is 22.9 Å². The fraction of sp³-hybridized carbons (Fsp3) is 0.300. The number of methoxy groups -OCH3 is 2. The Morgan fingerprint density at radius 3 is 2.24 bits per heavy atom. The Balaban J connectivity index is 1.20. The fourth-order valence-corrected chi connectivity index (χ4v) is 5.10. The van der Waals surface area contributed by atoms with Gasteiger partial charge in [0.25, 0.3) is 0 Å². The van der Waals surface area contributed by atoms with E-state index in [4.69, 9.17) is 25.6 Å². The zero-order chi connectivity index (χ0) is 25.6. The maximum atomic E-state index is 6.17. The van der Waals surface area contributed by atoms with Gasteiger partial charge in [-0.05, 0) is 41.5 Å². The molecule has 1 aliphatic heterocycles. The van der Waals surface area contributed by atoms with Gasteiger partial charge in [0.2, 0.25) is 0 Å². The van der Waals surface area contributed by atoms with Crippen molar-refractivity contribution < 1.29 is 14.0 Å². The molecule has 2 heterocycles. The summed E-state index contributed by atoms with van der Waals surface area (Å²) in [5, 5.41) is 5.05. The molecule has 0 bridgehead atoms. The van der Waals surface area contributed by atoms with Crippen molar-refractivity contribution in [2.24, 2.45) is 0 Å². The van der Waals surface area contributed by atoms with Crippen LogP contribution in [0.25, 0.3) is 11.3 Å². The quantitative estimate of drug-likeness (QED) is 0.273. The van der Waals surface area contributed by atoms with E-state index in [0.717, 1.165) is 61.2 Å². The van der Waals surface area contributed by atoms with Crippen molar-refractivity contribution in [3.05, 3.63) is 101 Å². The zero-order valence-corrected chi connectivity index (χ0v) is 22.0. The van der Waals surface area contributed by atoms with Crippen LogP contribution in [-0.4, -0.2) is 61.9 Å². The molecule has 0 radical (unpaired) electrons. The molecule has 7 heteroatoms. The van der Waals surface area contributed by atoms with Crippen LogP contribution in [-0.2, 0) is 6.42 Å². The minimum absolute atomic E-state index is 0.221. The smallest absolute Gasteiger partial charge is 0.161 e. The van der Waals surface area contributed by atoms with E-state index < -0.39 is 0 Å². The Kier molecular flexibility index (Phi) is 8.09. The maximum absolute atomic E-state index is 6.17. The summed E-state index contributed by atoms with van der Waals surface area (Å²) in [5.41, 5.74) is 4.32. The average molecular weight is 518 g/mol. The van der Waals surface area contributed by atoms with E-state index in [2.05, 4.69) is 57.4 Å². The molecular weight excluding hydrogens is 486 g/mol. The van der Waals surface area contributed by atoms with Crippen LogP contribution in [0.4, 0.5) is 0 Å². The van der Waals surface area contributed by atoms with Gasteiger partial charge in [0.15, 0.2) is 11.5 Å². The standard InChI is InChI=1S/C30H32ClN3O3/c1-35-28-13-10-24(20-29(28)36-2)27-21-26(37-32-27)14-15-33-16-18-34(19-17-33)30(22-6-4-3-5-7-22)23-8-11-25(31)12-9-23/h3-13,20-21,30H,14-19H2,1-2H3. The second kappa shape index (κ2) is 11.8. The second-order valence-corrected chi connectivity index (χ2v) is 9.68. The topological polar surface area (TPSA) is 51.0 Å². The third-order valence-corrected chi connectivity index (χ3v) is 7.24. The summed E-state index contributed by atoms with van der Waals surface area (Å²) in [6.45, 7) is 4.94. The number of aromatic nitrogens is 1. The van der Waals surface area contributed by atoms with Crippen LogP contribution in [0.5, 0.6) is 11.5 Å². The third-order valence-electron chi connectivity index (χ3n) is 6.99. The lowest BCUT2D eigenvalue weighted by atomic mass is 9.96. The number of halogens is 1. The van der Waals surface area contributed by atoms with E-state index in [1.165, 1.54) is 11.1 Å². The molecule has 0 N–H and O–H groups in total. The Morgan fingerprint density at radius 2 is 1.54 bits per heavy atom. The number of ether oxygens (including phenoxy) is 2. The molecule has 1 aromatic heterocycles. The third kappa shape index (κ3) is 5.99. The summed E-state index contributed by atoms with van der Waals surface area (Å²) in [7, 11) is 3.26. The second-order valence-electron chi connectivity index (χ2n) is 9.24. The van der Waals surface area contributed by atoms with Crippen molar-refractivity contribution in [3.63, 3.8) is 0 Å². The van der Waals surface area contributed by atoms with Crippen molar-refractivity contribution >= 4 is 11.6 Å². The molecule has 1 unspecified atom stereocenters. The van der Waals surface area contributed by atoms with E-state index >= 15 is 0 Å². The molecule has 6 nitrogen and oxygen atoms in total. The zero-order valence-electron chi connectivity index (χ0n) is 21.3. The van der Waals surface area contributed by atoms with Crippen LogP contribution in [0.15, 0.2) is 83.4 Å². The summed E-state index contributed by atoms with van der Waals surface area (Å²) in [5.74, 6) is 2.25. The van der Waals surface area contributed by atoms with Gasteiger partial charge in [-0.3, -0.25) is 4.90 Å². The fourth-order valence-electron chi connectivity index (χ4n) is 4.97. The van der Waals surface area contributed by atoms with Crippen LogP contribution in [0, 0.1) is 0 Å². The molecule has 1 atom stereocenters. The molecule has 192 valence electrons. The molecular formula is C30H32ClN3O3. The van der Waals surface area contributed by atoms with Gasteiger partial charge >= 0.3 is 0 Å². The summed E-state index contributed by atoms with van der Waals surface area (Å²) in [6.07, 6.45) is 0.819. The van der Waals surface area contributed by atoms with Crippen molar-refractivity contribution in [1.82, 2.24) is 15.0 Å². The van der Waals surface area contributed by atoms with Gasteiger partial charge in [-0.15, -0.1) is 0 Å². The Labute approximate surface area is 223 Å². The largest absolute Gasteiger partial charge is 0.493 e. The van der Waals surface area contributed by atoms with Gasteiger partial charge < -0.3 is 18.9 Å². The van der Waals surface area contributed by atoms with Gasteiger partial charge in [0, 0.05) is 55.8 Å². The van der Waals surface area contributed by atoms with Crippen LogP contribution >= 0.6 is 11.6 Å². The average Bonchev–Trinajstić information content (AvgIpc) is 3.43. The highest BCUT2D eigenvalue weighted by molar-refractivity contribution is 6.30. The normalized spacial score (nSPS) is 15.4. The van der Waals surface area contributed by atoms with Gasteiger partial charge in [-0.2, -0.15) is 0 Å². The Hall–Kier alpha value is -3.32. The van der Waals surface area contributed by atoms with Gasteiger partial charge in [0.1, 0.15) is 11.5 Å². The lowest BCUT2D eigenvalue weighted by Crippen LogP contribution is -2.48. The first-order valence-corrected chi connectivity index (χ1v) is 13.0. The molecule has 1 saturated heterocycles. The monoisotopic (exact) mass is 517 g/mol. The van der Waals surface area contributed by atoms with Crippen molar-refractivity contribution in [3.8, 4) is 22.8 Å². The Morgan fingerprint density at radius 1 is 0.838 bits per heavy atom. The first-order chi connectivity index (χ1) is 18.1. The minimum Gasteiger partial charge on any atom is -0.493 e. The molecule has 3 aromatic carbocycles. The molecule has 0 saturated carbocycles. The van der Waals surface area contributed by atoms with E-state index in [0.29, 0.717) is 11.5 Å². The van der Waals surface area contributed by atoms with E-state index in [1.807, 2.05) is 36.4 Å². The summed E-state index contributed by atoms with van der Waals surface area (Å²) < 4.78 is 16.4. The number of rotatable bonds is 9. The lowest BCUT2D eigenvalue weighted by molar-refractivity contribution is 0.109. The Bertz CT molecular complexity index is 1290. The maximum Gasteiger partial charge on any atom is 0.161 e. The molecule has 37 heavy (non-hydrogen) atoms. The van der Waals surface area contributed by atoms with Gasteiger partial charge in [0.05, 0.1) is 20.3 Å². The predicted molar refractivity (Wildman–Crippen MR) is 146 cm³/mol. The van der Waals surface area contributed by atoms with Gasteiger partial charge in [-0.1, -0.05) is 59.2 Å². The summed E-state index contributed by atoms with van der Waals surface area (Å²) in [6, 6.07) is 27.0. The van der Waals surface area contributed by atoms with Crippen LogP contribution in [0.2, 0.25) is 5.02 Å². The number of piperazine rings is 1. The highest BCUT2D eigenvalue weighted by atomic mass is 35.5. The number of hydrogen-bond donors (Lipinski definition) is 0. The van der Waals surface area contributed by atoms with Crippen LogP contribution in [0.3, 0.4) is 0 Å². The molecule has 0 aliphatic carbocycles. The SMILES string of the molecule is COc1ccc(-c2cc(CCN3CCN(C(c4ccccc4)c4ccc(Cl)cc4)CC3)on2)cc1OC. The molecule has 0 spiro atoms. The minimum atomic E-state index is 0.221. The molecule has 1 aliphatic rings. The van der Waals surface area contributed by atoms with E-state index in [-0.39, 0.29) is 6.04 Å².